The number of para-hydroxylation sites is 1. The third kappa shape index (κ3) is 2.70. The van der Waals surface area contributed by atoms with E-state index < -0.39 is 0 Å². The lowest BCUT2D eigenvalue weighted by Gasteiger charge is -2.04. The number of carbonyl (C=O) groups excluding carboxylic acids is 1. The van der Waals surface area contributed by atoms with Crippen molar-refractivity contribution in [3.8, 4) is 6.07 Å². The molecule has 4 aromatic rings. The van der Waals surface area contributed by atoms with Crippen LogP contribution in [0.4, 0.5) is 0 Å². The van der Waals surface area contributed by atoms with Crippen LogP contribution in [0.3, 0.4) is 0 Å². The number of benzene rings is 1. The lowest BCUT2D eigenvalue weighted by Crippen LogP contribution is -2.24. The van der Waals surface area contributed by atoms with Gasteiger partial charge in [-0.2, -0.15) is 5.26 Å². The smallest absolute Gasteiger partial charge is 0.262 e. The van der Waals surface area contributed by atoms with Gasteiger partial charge >= 0.3 is 0 Å². The molecular weight excluding hydrogens is 348 g/mol. The summed E-state index contributed by atoms with van der Waals surface area (Å²) in [6.07, 6.45) is 3.56. The summed E-state index contributed by atoms with van der Waals surface area (Å²) < 4.78 is 3.26. The Bertz CT molecular complexity index is 1230. The van der Waals surface area contributed by atoms with E-state index in [1.54, 1.807) is 12.3 Å². The quantitative estimate of drug-likeness (QED) is 0.511. The first-order valence-electron chi connectivity index (χ1n) is 8.09. The van der Waals surface area contributed by atoms with E-state index in [-0.39, 0.29) is 17.9 Å². The summed E-state index contributed by atoms with van der Waals surface area (Å²) >= 11 is 1.40. The third-order valence-electron chi connectivity index (χ3n) is 4.32. The molecule has 0 aliphatic carbocycles. The molecule has 0 N–H and O–H groups in total. The second kappa shape index (κ2) is 6.58. The first-order chi connectivity index (χ1) is 12.7. The second-order valence-electron chi connectivity index (χ2n) is 5.90. The molecule has 0 spiro atoms. The molecule has 0 radical (unpaired) electrons. The monoisotopic (exact) mass is 362 g/mol. The highest BCUT2D eigenvalue weighted by molar-refractivity contribution is 7.16. The van der Waals surface area contributed by atoms with Gasteiger partial charge in [-0.05, 0) is 17.5 Å². The van der Waals surface area contributed by atoms with Crippen molar-refractivity contribution in [2.24, 2.45) is 0 Å². The standard InChI is InChI=1S/C19H14N4O2S/c20-7-3-8-22-10-15(13-4-1-2-5-16(13)22)17(24)11-23-12-21-18-14(19(23)25)6-9-26-18/h1-2,4-6,9-10,12H,3,8,11H2. The maximum Gasteiger partial charge on any atom is 0.262 e. The van der Waals surface area contributed by atoms with Crippen molar-refractivity contribution in [3.05, 3.63) is 64.2 Å². The number of nitriles is 1. The summed E-state index contributed by atoms with van der Waals surface area (Å²) in [5.74, 6) is -0.157. The van der Waals surface area contributed by atoms with E-state index in [0.717, 1.165) is 10.9 Å². The van der Waals surface area contributed by atoms with E-state index in [4.69, 9.17) is 5.26 Å². The van der Waals surface area contributed by atoms with Crippen LogP contribution in [0.15, 0.2) is 53.0 Å². The first-order valence-corrected chi connectivity index (χ1v) is 8.97. The van der Waals surface area contributed by atoms with Crippen LogP contribution in [0.1, 0.15) is 16.8 Å². The number of rotatable bonds is 5. The molecule has 4 rings (SSSR count). The van der Waals surface area contributed by atoms with E-state index in [0.29, 0.717) is 28.7 Å². The fraction of sp³-hybridized carbons (Fsp3) is 0.158. The fourth-order valence-electron chi connectivity index (χ4n) is 3.07. The molecule has 0 unspecified atom stereocenters. The van der Waals surface area contributed by atoms with E-state index >= 15 is 0 Å². The topological polar surface area (TPSA) is 80.7 Å². The Kier molecular flexibility index (Phi) is 4.11. The highest BCUT2D eigenvalue weighted by Gasteiger charge is 2.16. The predicted molar refractivity (Wildman–Crippen MR) is 100 cm³/mol. The summed E-state index contributed by atoms with van der Waals surface area (Å²) in [6, 6.07) is 11.4. The van der Waals surface area contributed by atoms with Crippen molar-refractivity contribution in [2.75, 3.05) is 0 Å². The molecule has 0 bridgehead atoms. The lowest BCUT2D eigenvalue weighted by atomic mass is 10.1. The molecular formula is C19H14N4O2S. The molecule has 128 valence electrons. The number of hydrogen-bond acceptors (Lipinski definition) is 5. The van der Waals surface area contributed by atoms with Gasteiger partial charge in [-0.25, -0.2) is 4.98 Å². The van der Waals surface area contributed by atoms with Crippen LogP contribution in [0.5, 0.6) is 0 Å². The summed E-state index contributed by atoms with van der Waals surface area (Å²) in [7, 11) is 0. The zero-order valence-electron chi connectivity index (χ0n) is 13.8. The maximum absolute atomic E-state index is 12.9. The second-order valence-corrected chi connectivity index (χ2v) is 6.80. The van der Waals surface area contributed by atoms with Gasteiger partial charge in [0.15, 0.2) is 5.78 Å². The minimum absolute atomic E-state index is 0.0656. The van der Waals surface area contributed by atoms with Crippen molar-refractivity contribution in [2.45, 2.75) is 19.5 Å². The van der Waals surface area contributed by atoms with Gasteiger partial charge < -0.3 is 4.57 Å². The van der Waals surface area contributed by atoms with Crippen LogP contribution in [0.25, 0.3) is 21.1 Å². The van der Waals surface area contributed by atoms with Gasteiger partial charge in [0.05, 0.1) is 30.7 Å². The van der Waals surface area contributed by atoms with Crippen molar-refractivity contribution in [1.29, 1.82) is 5.26 Å². The number of fused-ring (bicyclic) bond motifs is 2. The van der Waals surface area contributed by atoms with Crippen LogP contribution in [-0.2, 0) is 13.1 Å². The summed E-state index contributed by atoms with van der Waals surface area (Å²) in [5, 5.41) is 12.0. The van der Waals surface area contributed by atoms with Crippen LogP contribution in [0, 0.1) is 11.3 Å². The van der Waals surface area contributed by atoms with Crippen molar-refractivity contribution < 1.29 is 4.79 Å². The van der Waals surface area contributed by atoms with E-state index in [1.807, 2.05) is 34.2 Å². The third-order valence-corrected chi connectivity index (χ3v) is 5.14. The SMILES string of the molecule is N#CCCn1cc(C(=O)Cn2cnc3sccc3c2=O)c2ccccc21. The van der Waals surface area contributed by atoms with Gasteiger partial charge in [0.1, 0.15) is 4.83 Å². The molecule has 3 heterocycles. The Morgan fingerprint density at radius 2 is 2.04 bits per heavy atom. The van der Waals surface area contributed by atoms with Crippen LogP contribution < -0.4 is 5.56 Å². The fourth-order valence-corrected chi connectivity index (χ4v) is 3.79. The number of Topliss-reactive ketones (excluding diaryl/α,β-unsaturated/α-hetero) is 1. The summed E-state index contributed by atoms with van der Waals surface area (Å²) in [6.45, 7) is 0.455. The average molecular weight is 362 g/mol. The number of nitrogens with zero attached hydrogens (tertiary/aromatic N) is 4. The molecule has 26 heavy (non-hydrogen) atoms. The molecule has 0 aliphatic heterocycles. The van der Waals surface area contributed by atoms with Crippen LogP contribution >= 0.6 is 11.3 Å². The molecule has 0 amide bonds. The minimum Gasteiger partial charge on any atom is -0.346 e. The number of hydrogen-bond donors (Lipinski definition) is 0. The molecule has 1 aromatic carbocycles. The Labute approximate surface area is 152 Å². The predicted octanol–water partition coefficient (Wildman–Crippen LogP) is 3.21. The molecule has 6 nitrogen and oxygen atoms in total. The van der Waals surface area contributed by atoms with Crippen LogP contribution in [0.2, 0.25) is 0 Å². The van der Waals surface area contributed by atoms with Gasteiger partial charge in [0.2, 0.25) is 0 Å². The molecule has 0 saturated heterocycles. The highest BCUT2D eigenvalue weighted by atomic mass is 32.1. The molecule has 7 heteroatoms. The normalized spacial score (nSPS) is 11.0. The van der Waals surface area contributed by atoms with Gasteiger partial charge in [-0.1, -0.05) is 18.2 Å². The molecule has 0 fully saturated rings. The van der Waals surface area contributed by atoms with E-state index in [2.05, 4.69) is 11.1 Å². The number of thiophene rings is 1. The largest absolute Gasteiger partial charge is 0.346 e. The zero-order chi connectivity index (χ0) is 18.1. The number of carbonyl (C=O) groups is 1. The number of aromatic nitrogens is 3. The van der Waals surface area contributed by atoms with E-state index in [9.17, 15) is 9.59 Å². The Morgan fingerprint density at radius 1 is 1.19 bits per heavy atom. The molecule has 3 aromatic heterocycles. The van der Waals surface area contributed by atoms with E-state index in [1.165, 1.54) is 22.2 Å². The Morgan fingerprint density at radius 3 is 2.88 bits per heavy atom. The molecule has 0 saturated carbocycles. The zero-order valence-corrected chi connectivity index (χ0v) is 14.6. The maximum atomic E-state index is 12.9. The molecule has 0 aliphatic rings. The van der Waals surface area contributed by atoms with Gasteiger partial charge in [-0.3, -0.25) is 14.2 Å². The van der Waals surface area contributed by atoms with Gasteiger partial charge in [0, 0.05) is 29.2 Å². The van der Waals surface area contributed by atoms with Crippen molar-refractivity contribution in [3.63, 3.8) is 0 Å². The molecule has 0 atom stereocenters. The lowest BCUT2D eigenvalue weighted by molar-refractivity contribution is 0.0972. The first kappa shape index (κ1) is 16.2. The average Bonchev–Trinajstić information content (AvgIpc) is 3.27. The summed E-state index contributed by atoms with van der Waals surface area (Å²) in [4.78, 5) is 30.3. The highest BCUT2D eigenvalue weighted by Crippen LogP contribution is 2.22. The minimum atomic E-state index is -0.210. The Balaban J connectivity index is 1.73. The number of aryl methyl sites for hydroxylation is 1. The van der Waals surface area contributed by atoms with Gasteiger partial charge in [-0.15, -0.1) is 11.3 Å². The van der Waals surface area contributed by atoms with Crippen LogP contribution in [-0.4, -0.2) is 19.9 Å². The number of ketones is 1. The van der Waals surface area contributed by atoms with Crippen molar-refractivity contribution >= 4 is 38.2 Å². The van der Waals surface area contributed by atoms with Gasteiger partial charge in [0.25, 0.3) is 5.56 Å². The Hall–Kier alpha value is -3.24. The van der Waals surface area contributed by atoms with Crippen molar-refractivity contribution in [1.82, 2.24) is 14.1 Å². The summed E-state index contributed by atoms with van der Waals surface area (Å²) in [5.41, 5.74) is 1.25.